The van der Waals surface area contributed by atoms with Gasteiger partial charge in [-0.2, -0.15) is 0 Å². The van der Waals surface area contributed by atoms with Crippen molar-refractivity contribution in [3.05, 3.63) is 46.3 Å². The molecule has 0 aliphatic carbocycles. The summed E-state index contributed by atoms with van der Waals surface area (Å²) in [6, 6.07) is 9.54. The normalized spacial score (nSPS) is 24.3. The van der Waals surface area contributed by atoms with Crippen molar-refractivity contribution in [2.75, 3.05) is 12.3 Å². The van der Waals surface area contributed by atoms with Gasteiger partial charge in [0.15, 0.2) is 0 Å². The number of nitrogens with one attached hydrogen (secondary N) is 1. The standard InChI is InChI=1S/C13H13NO2S/c1-13(14-6-7-17-13)10-8-9-4-2-3-5-11(9)16-12(10)15/h2-5,8,14H,6-7H2,1H3. The monoisotopic (exact) mass is 247 g/mol. The second kappa shape index (κ2) is 3.89. The molecule has 1 fully saturated rings. The zero-order valence-electron chi connectivity index (χ0n) is 9.53. The Morgan fingerprint density at radius 1 is 1.41 bits per heavy atom. The number of rotatable bonds is 1. The van der Waals surface area contributed by atoms with Gasteiger partial charge in [0.2, 0.25) is 0 Å². The lowest BCUT2D eigenvalue weighted by atomic mass is 10.1. The molecule has 0 saturated carbocycles. The Hall–Kier alpha value is -1.26. The summed E-state index contributed by atoms with van der Waals surface area (Å²) in [5.41, 5.74) is 1.11. The maximum absolute atomic E-state index is 12.0. The first-order valence-electron chi connectivity index (χ1n) is 5.61. The topological polar surface area (TPSA) is 42.2 Å². The van der Waals surface area contributed by atoms with Crippen molar-refractivity contribution in [2.24, 2.45) is 0 Å². The predicted molar refractivity (Wildman–Crippen MR) is 70.3 cm³/mol. The molecule has 1 saturated heterocycles. The summed E-state index contributed by atoms with van der Waals surface area (Å²) in [5.74, 6) is 1.02. The third kappa shape index (κ3) is 1.77. The van der Waals surface area contributed by atoms with E-state index in [1.54, 1.807) is 11.8 Å². The van der Waals surface area contributed by atoms with E-state index >= 15 is 0 Å². The Kier molecular flexibility index (Phi) is 2.49. The van der Waals surface area contributed by atoms with Crippen LogP contribution in [0.4, 0.5) is 0 Å². The molecule has 88 valence electrons. The quantitative estimate of drug-likeness (QED) is 0.785. The van der Waals surface area contributed by atoms with Gasteiger partial charge in [-0.1, -0.05) is 18.2 Å². The van der Waals surface area contributed by atoms with E-state index in [9.17, 15) is 4.79 Å². The highest BCUT2D eigenvalue weighted by Gasteiger charge is 2.34. The second-order valence-corrected chi connectivity index (χ2v) is 5.81. The summed E-state index contributed by atoms with van der Waals surface area (Å²) in [6.45, 7) is 2.96. The Morgan fingerprint density at radius 3 is 3.00 bits per heavy atom. The van der Waals surface area contributed by atoms with Gasteiger partial charge in [-0.25, -0.2) is 4.79 Å². The van der Waals surface area contributed by atoms with Crippen molar-refractivity contribution in [1.29, 1.82) is 0 Å². The molecular formula is C13H13NO2S. The lowest BCUT2D eigenvalue weighted by molar-refractivity contribution is 0.504. The van der Waals surface area contributed by atoms with E-state index in [1.165, 1.54) is 0 Å². The van der Waals surface area contributed by atoms with Crippen LogP contribution >= 0.6 is 11.8 Å². The second-order valence-electron chi connectivity index (χ2n) is 4.29. The molecule has 1 aromatic heterocycles. The van der Waals surface area contributed by atoms with E-state index in [2.05, 4.69) is 5.32 Å². The molecule has 2 aromatic rings. The van der Waals surface area contributed by atoms with Crippen LogP contribution in [0.5, 0.6) is 0 Å². The van der Waals surface area contributed by atoms with Crippen molar-refractivity contribution >= 4 is 22.7 Å². The minimum atomic E-state index is -0.315. The van der Waals surface area contributed by atoms with Crippen molar-refractivity contribution in [1.82, 2.24) is 5.32 Å². The van der Waals surface area contributed by atoms with Gasteiger partial charge < -0.3 is 4.42 Å². The summed E-state index contributed by atoms with van der Waals surface area (Å²) in [4.78, 5) is 11.7. The Labute approximate surface area is 103 Å². The SMILES string of the molecule is CC1(c2cc3ccccc3oc2=O)NCCS1. The Morgan fingerprint density at radius 2 is 2.24 bits per heavy atom. The molecule has 1 atom stereocenters. The lowest BCUT2D eigenvalue weighted by Crippen LogP contribution is -2.35. The van der Waals surface area contributed by atoms with E-state index < -0.39 is 0 Å². The fourth-order valence-corrected chi connectivity index (χ4v) is 3.28. The summed E-state index contributed by atoms with van der Waals surface area (Å²) in [6.07, 6.45) is 0. The van der Waals surface area contributed by atoms with Gasteiger partial charge in [-0.05, 0) is 19.1 Å². The van der Waals surface area contributed by atoms with Crippen LogP contribution in [0.2, 0.25) is 0 Å². The van der Waals surface area contributed by atoms with E-state index in [0.29, 0.717) is 11.1 Å². The van der Waals surface area contributed by atoms with Crippen LogP contribution in [0.25, 0.3) is 11.0 Å². The van der Waals surface area contributed by atoms with Crippen LogP contribution < -0.4 is 10.9 Å². The van der Waals surface area contributed by atoms with Crippen LogP contribution in [0.15, 0.2) is 39.5 Å². The zero-order valence-corrected chi connectivity index (χ0v) is 10.3. The van der Waals surface area contributed by atoms with Crippen LogP contribution in [0, 0.1) is 0 Å². The minimum absolute atomic E-state index is 0.242. The Balaban J connectivity index is 2.23. The van der Waals surface area contributed by atoms with Gasteiger partial charge in [0.1, 0.15) is 5.58 Å². The fourth-order valence-electron chi connectivity index (χ4n) is 2.16. The number of hydrogen-bond acceptors (Lipinski definition) is 4. The first kappa shape index (κ1) is 10.9. The third-order valence-corrected chi connectivity index (χ3v) is 4.46. The largest absolute Gasteiger partial charge is 0.422 e. The molecule has 1 aliphatic rings. The summed E-state index contributed by atoms with van der Waals surface area (Å²) < 4.78 is 5.36. The average Bonchev–Trinajstić information content (AvgIpc) is 2.76. The highest BCUT2D eigenvalue weighted by molar-refractivity contribution is 8.00. The number of hydrogen-bond donors (Lipinski definition) is 1. The molecule has 1 aromatic carbocycles. The van der Waals surface area contributed by atoms with Crippen LogP contribution in [-0.4, -0.2) is 12.3 Å². The number of para-hydroxylation sites is 1. The molecule has 3 nitrogen and oxygen atoms in total. The molecule has 1 unspecified atom stereocenters. The number of fused-ring (bicyclic) bond motifs is 1. The average molecular weight is 247 g/mol. The summed E-state index contributed by atoms with van der Waals surface area (Å²) >= 11 is 1.75. The molecular weight excluding hydrogens is 234 g/mol. The van der Waals surface area contributed by atoms with E-state index in [1.807, 2.05) is 37.3 Å². The molecule has 0 bridgehead atoms. The molecule has 0 amide bonds. The first-order valence-corrected chi connectivity index (χ1v) is 6.60. The van der Waals surface area contributed by atoms with Gasteiger partial charge >= 0.3 is 5.63 Å². The molecule has 1 aliphatic heterocycles. The molecule has 1 N–H and O–H groups in total. The van der Waals surface area contributed by atoms with Crippen molar-refractivity contribution in [3.8, 4) is 0 Å². The van der Waals surface area contributed by atoms with Crippen molar-refractivity contribution < 1.29 is 4.42 Å². The number of benzene rings is 1. The Bertz CT molecular complexity index is 614. The highest BCUT2D eigenvalue weighted by Crippen LogP contribution is 2.36. The van der Waals surface area contributed by atoms with E-state index in [0.717, 1.165) is 17.7 Å². The summed E-state index contributed by atoms with van der Waals surface area (Å²) in [5, 5.41) is 4.33. The molecule has 0 spiro atoms. The molecule has 17 heavy (non-hydrogen) atoms. The lowest BCUT2D eigenvalue weighted by Gasteiger charge is -2.22. The zero-order chi connectivity index (χ0) is 11.9. The maximum Gasteiger partial charge on any atom is 0.342 e. The van der Waals surface area contributed by atoms with Gasteiger partial charge in [0.25, 0.3) is 0 Å². The van der Waals surface area contributed by atoms with E-state index in [4.69, 9.17) is 4.42 Å². The van der Waals surface area contributed by atoms with Crippen LogP contribution in [0.1, 0.15) is 12.5 Å². The van der Waals surface area contributed by atoms with Crippen LogP contribution in [-0.2, 0) is 4.87 Å². The fraction of sp³-hybridized carbons (Fsp3) is 0.308. The van der Waals surface area contributed by atoms with E-state index in [-0.39, 0.29) is 10.5 Å². The smallest absolute Gasteiger partial charge is 0.342 e. The minimum Gasteiger partial charge on any atom is -0.422 e. The molecule has 2 heterocycles. The van der Waals surface area contributed by atoms with Gasteiger partial charge in [-0.3, -0.25) is 5.32 Å². The first-order chi connectivity index (χ1) is 8.19. The number of thioether (sulfide) groups is 1. The summed E-state index contributed by atoms with van der Waals surface area (Å²) in [7, 11) is 0. The van der Waals surface area contributed by atoms with Gasteiger partial charge in [0, 0.05) is 17.7 Å². The third-order valence-electron chi connectivity index (χ3n) is 3.11. The van der Waals surface area contributed by atoms with Crippen molar-refractivity contribution in [3.63, 3.8) is 0 Å². The molecule has 4 heteroatoms. The highest BCUT2D eigenvalue weighted by atomic mass is 32.2. The van der Waals surface area contributed by atoms with Gasteiger partial charge in [-0.15, -0.1) is 11.8 Å². The van der Waals surface area contributed by atoms with Crippen molar-refractivity contribution in [2.45, 2.75) is 11.8 Å². The molecule has 0 radical (unpaired) electrons. The van der Waals surface area contributed by atoms with Crippen LogP contribution in [0.3, 0.4) is 0 Å². The van der Waals surface area contributed by atoms with Gasteiger partial charge in [0.05, 0.1) is 10.4 Å². The molecule has 3 rings (SSSR count). The maximum atomic E-state index is 12.0. The predicted octanol–water partition coefficient (Wildman–Crippen LogP) is 2.30.